The quantitative estimate of drug-likeness (QED) is 0.871. The van der Waals surface area contributed by atoms with E-state index in [0.29, 0.717) is 16.5 Å². The minimum absolute atomic E-state index is 0.0968. The summed E-state index contributed by atoms with van der Waals surface area (Å²) in [5, 5.41) is 12.7. The van der Waals surface area contributed by atoms with Crippen molar-refractivity contribution in [2.24, 2.45) is 0 Å². The molecule has 0 aliphatic heterocycles. The number of rotatable bonds is 3. The van der Waals surface area contributed by atoms with Crippen LogP contribution in [-0.4, -0.2) is 18.1 Å². The van der Waals surface area contributed by atoms with Gasteiger partial charge < -0.3 is 15.2 Å². The minimum Gasteiger partial charge on any atom is -0.507 e. The molecule has 0 aliphatic carbocycles. The molecule has 0 aliphatic rings. The van der Waals surface area contributed by atoms with E-state index >= 15 is 0 Å². The maximum Gasteiger partial charge on any atom is 0.259 e. The summed E-state index contributed by atoms with van der Waals surface area (Å²) < 4.78 is 5.96. The number of amides is 1. The number of methoxy groups -OCH3 is 1. The number of halogens is 2. The first-order valence-corrected chi connectivity index (χ1v) is 6.82. The molecule has 6 heteroatoms. The van der Waals surface area contributed by atoms with Crippen LogP contribution < -0.4 is 10.1 Å². The summed E-state index contributed by atoms with van der Waals surface area (Å²) in [7, 11) is 1.51. The number of nitrogens with one attached hydrogen (secondary N) is 1. The van der Waals surface area contributed by atoms with Crippen molar-refractivity contribution in [3.63, 3.8) is 0 Å². The lowest BCUT2D eigenvalue weighted by Gasteiger charge is -2.11. The number of hydrogen-bond acceptors (Lipinski definition) is 3. The third-order valence-corrected chi connectivity index (χ3v) is 3.34. The summed E-state index contributed by atoms with van der Waals surface area (Å²) in [6, 6.07) is 9.50. The van der Waals surface area contributed by atoms with Gasteiger partial charge in [0, 0.05) is 9.50 Å². The number of aromatic hydroxyl groups is 1. The Labute approximate surface area is 129 Å². The Hall–Kier alpha value is -1.72. The average Bonchev–Trinajstić information content (AvgIpc) is 2.41. The lowest BCUT2D eigenvalue weighted by Crippen LogP contribution is -2.13. The van der Waals surface area contributed by atoms with Gasteiger partial charge in [0.25, 0.3) is 5.91 Å². The van der Waals surface area contributed by atoms with Gasteiger partial charge in [-0.05, 0) is 36.4 Å². The van der Waals surface area contributed by atoms with Gasteiger partial charge in [-0.1, -0.05) is 27.5 Å². The number of carbonyl (C=O) groups is 1. The van der Waals surface area contributed by atoms with E-state index in [4.69, 9.17) is 16.3 Å². The highest BCUT2D eigenvalue weighted by Crippen LogP contribution is 2.29. The van der Waals surface area contributed by atoms with Crippen LogP contribution in [0.2, 0.25) is 5.02 Å². The molecule has 1 amide bonds. The molecule has 2 aromatic rings. The van der Waals surface area contributed by atoms with Crippen molar-refractivity contribution in [2.75, 3.05) is 12.4 Å². The van der Waals surface area contributed by atoms with E-state index in [1.54, 1.807) is 18.2 Å². The van der Waals surface area contributed by atoms with Gasteiger partial charge in [-0.2, -0.15) is 0 Å². The van der Waals surface area contributed by atoms with Crippen LogP contribution in [0.1, 0.15) is 10.4 Å². The van der Waals surface area contributed by atoms with Gasteiger partial charge in [0.15, 0.2) is 0 Å². The van der Waals surface area contributed by atoms with Gasteiger partial charge in [0.2, 0.25) is 0 Å². The van der Waals surface area contributed by atoms with Crippen LogP contribution in [-0.2, 0) is 0 Å². The van der Waals surface area contributed by atoms with Gasteiger partial charge in [0.1, 0.15) is 11.5 Å². The molecule has 2 N–H and O–H groups in total. The molecule has 0 spiro atoms. The predicted octanol–water partition coefficient (Wildman–Crippen LogP) is 4.07. The first kappa shape index (κ1) is 14.7. The van der Waals surface area contributed by atoms with Crippen molar-refractivity contribution in [1.29, 1.82) is 0 Å². The van der Waals surface area contributed by atoms with E-state index in [0.717, 1.165) is 4.47 Å². The maximum atomic E-state index is 12.2. The molecule has 0 saturated heterocycles. The van der Waals surface area contributed by atoms with E-state index < -0.39 is 5.91 Å². The van der Waals surface area contributed by atoms with Gasteiger partial charge in [-0.15, -0.1) is 0 Å². The second-order valence-electron chi connectivity index (χ2n) is 3.96. The van der Waals surface area contributed by atoms with E-state index in [2.05, 4.69) is 21.2 Å². The summed E-state index contributed by atoms with van der Waals surface area (Å²) in [6.45, 7) is 0. The number of hydrogen-bond donors (Lipinski definition) is 2. The highest BCUT2D eigenvalue weighted by molar-refractivity contribution is 9.10. The number of ether oxygens (including phenoxy) is 1. The molecule has 0 bridgehead atoms. The Morgan fingerprint density at radius 2 is 2.05 bits per heavy atom. The SMILES string of the molecule is COc1ccc(Br)cc1NC(=O)c1cc(Cl)ccc1O. The molecule has 0 heterocycles. The lowest BCUT2D eigenvalue weighted by atomic mass is 10.2. The Kier molecular flexibility index (Phi) is 4.52. The summed E-state index contributed by atoms with van der Waals surface area (Å²) in [4.78, 5) is 12.2. The number of phenolic OH excluding ortho intramolecular Hbond substituents is 1. The van der Waals surface area contributed by atoms with Gasteiger partial charge >= 0.3 is 0 Å². The van der Waals surface area contributed by atoms with Gasteiger partial charge in [0.05, 0.1) is 18.4 Å². The molecular weight excluding hydrogens is 346 g/mol. The zero-order valence-corrected chi connectivity index (χ0v) is 12.8. The second kappa shape index (κ2) is 6.15. The standard InChI is InChI=1S/C14H11BrClNO3/c1-20-13-5-2-8(15)6-11(13)17-14(19)10-7-9(16)3-4-12(10)18/h2-7,18H,1H3,(H,17,19). The molecule has 0 aromatic heterocycles. The Morgan fingerprint density at radius 1 is 1.30 bits per heavy atom. The molecule has 0 fully saturated rings. The van der Waals surface area contributed by atoms with Crippen molar-refractivity contribution in [3.8, 4) is 11.5 Å². The highest BCUT2D eigenvalue weighted by Gasteiger charge is 2.14. The summed E-state index contributed by atoms with van der Waals surface area (Å²) in [5.41, 5.74) is 0.589. The zero-order chi connectivity index (χ0) is 14.7. The first-order valence-electron chi connectivity index (χ1n) is 5.64. The Bertz CT molecular complexity index is 661. The summed E-state index contributed by atoms with van der Waals surface area (Å²) in [5.74, 6) is -0.0923. The number of phenols is 1. The third kappa shape index (κ3) is 3.23. The molecule has 0 radical (unpaired) electrons. The van der Waals surface area contributed by atoms with E-state index in [-0.39, 0.29) is 11.3 Å². The van der Waals surface area contributed by atoms with E-state index in [9.17, 15) is 9.90 Å². The molecule has 0 saturated carbocycles. The van der Waals surface area contributed by atoms with Gasteiger partial charge in [-0.3, -0.25) is 4.79 Å². The van der Waals surface area contributed by atoms with Crippen LogP contribution in [0.3, 0.4) is 0 Å². The molecule has 0 atom stereocenters. The van der Waals surface area contributed by atoms with Crippen molar-refractivity contribution in [3.05, 3.63) is 51.5 Å². The molecule has 20 heavy (non-hydrogen) atoms. The van der Waals surface area contributed by atoms with Crippen molar-refractivity contribution < 1.29 is 14.6 Å². The van der Waals surface area contributed by atoms with Crippen LogP contribution in [0, 0.1) is 0 Å². The van der Waals surface area contributed by atoms with Crippen LogP contribution in [0.4, 0.5) is 5.69 Å². The largest absolute Gasteiger partial charge is 0.507 e. The third-order valence-electron chi connectivity index (χ3n) is 2.61. The van der Waals surface area contributed by atoms with Crippen LogP contribution in [0.5, 0.6) is 11.5 Å². The maximum absolute atomic E-state index is 12.2. The highest BCUT2D eigenvalue weighted by atomic mass is 79.9. The van der Waals surface area contributed by atoms with E-state index in [1.807, 2.05) is 0 Å². The fourth-order valence-electron chi connectivity index (χ4n) is 1.66. The minimum atomic E-state index is -0.471. The normalized spacial score (nSPS) is 10.2. The topological polar surface area (TPSA) is 58.6 Å². The number of benzene rings is 2. The first-order chi connectivity index (χ1) is 9.51. The molecule has 2 aromatic carbocycles. The summed E-state index contributed by atoms with van der Waals surface area (Å²) >= 11 is 9.14. The van der Waals surface area contributed by atoms with Crippen molar-refractivity contribution >= 4 is 39.1 Å². The van der Waals surface area contributed by atoms with Crippen LogP contribution >= 0.6 is 27.5 Å². The van der Waals surface area contributed by atoms with Crippen LogP contribution in [0.25, 0.3) is 0 Å². The predicted molar refractivity (Wildman–Crippen MR) is 81.8 cm³/mol. The fourth-order valence-corrected chi connectivity index (χ4v) is 2.19. The molecule has 0 unspecified atom stereocenters. The monoisotopic (exact) mass is 355 g/mol. The van der Waals surface area contributed by atoms with Crippen LogP contribution in [0.15, 0.2) is 40.9 Å². The molecule has 4 nitrogen and oxygen atoms in total. The zero-order valence-electron chi connectivity index (χ0n) is 10.5. The molecular formula is C14H11BrClNO3. The lowest BCUT2D eigenvalue weighted by molar-refractivity contribution is 0.102. The van der Waals surface area contributed by atoms with Crippen molar-refractivity contribution in [1.82, 2.24) is 0 Å². The number of anilines is 1. The van der Waals surface area contributed by atoms with Gasteiger partial charge in [-0.25, -0.2) is 0 Å². The Morgan fingerprint density at radius 3 is 2.75 bits per heavy atom. The van der Waals surface area contributed by atoms with E-state index in [1.165, 1.54) is 25.3 Å². The van der Waals surface area contributed by atoms with Crippen molar-refractivity contribution in [2.45, 2.75) is 0 Å². The Balaban J connectivity index is 2.32. The second-order valence-corrected chi connectivity index (χ2v) is 5.31. The summed E-state index contributed by atoms with van der Waals surface area (Å²) in [6.07, 6.45) is 0. The molecule has 2 rings (SSSR count). The average molecular weight is 357 g/mol. The smallest absolute Gasteiger partial charge is 0.259 e. The number of carbonyl (C=O) groups excluding carboxylic acids is 1. The fraction of sp³-hybridized carbons (Fsp3) is 0.0714. The molecule has 104 valence electrons.